The number of rotatable bonds is 0. The number of hydrogen-bond acceptors (Lipinski definition) is 3. The average Bonchev–Trinajstić information content (AvgIpc) is 2.66. The van der Waals surface area contributed by atoms with Gasteiger partial charge in [-0.25, -0.2) is 4.52 Å². The van der Waals surface area contributed by atoms with Gasteiger partial charge in [0.05, 0.1) is 30.7 Å². The molecule has 0 fully saturated rings. The van der Waals surface area contributed by atoms with Crippen LogP contribution >= 0.6 is 0 Å². The van der Waals surface area contributed by atoms with Crippen molar-refractivity contribution in [2.45, 2.75) is 13.0 Å². The molecule has 0 aromatic carbocycles. The van der Waals surface area contributed by atoms with Crippen LogP contribution in [-0.4, -0.2) is 21.2 Å². The van der Waals surface area contributed by atoms with Crippen LogP contribution in [0.25, 0.3) is 5.65 Å². The van der Waals surface area contributed by atoms with E-state index in [9.17, 15) is 4.79 Å². The first-order chi connectivity index (χ1) is 6.86. The molecule has 1 aliphatic rings. The summed E-state index contributed by atoms with van der Waals surface area (Å²) in [5, 5.41) is 4.16. The lowest BCUT2D eigenvalue weighted by atomic mass is 10.1. The van der Waals surface area contributed by atoms with Crippen molar-refractivity contribution in [1.82, 2.24) is 14.6 Å². The Kier molecular flexibility index (Phi) is 1.49. The first-order valence-corrected chi connectivity index (χ1v) is 4.52. The zero-order valence-corrected chi connectivity index (χ0v) is 7.49. The van der Waals surface area contributed by atoms with Gasteiger partial charge in [0.25, 0.3) is 5.56 Å². The maximum absolute atomic E-state index is 11.6. The first-order valence-electron chi connectivity index (χ1n) is 4.52. The van der Waals surface area contributed by atoms with E-state index in [-0.39, 0.29) is 5.56 Å². The summed E-state index contributed by atoms with van der Waals surface area (Å²) in [6.07, 6.45) is 2.43. The highest BCUT2D eigenvalue weighted by Gasteiger charge is 2.16. The fourth-order valence-corrected chi connectivity index (χ4v) is 1.81. The second kappa shape index (κ2) is 2.68. The minimum absolute atomic E-state index is 0.0623. The summed E-state index contributed by atoms with van der Waals surface area (Å²) in [6.45, 7) is 1.05. The molecule has 2 aromatic rings. The number of ether oxygens (including phenoxy) is 1. The van der Waals surface area contributed by atoms with Gasteiger partial charge in [-0.3, -0.25) is 4.79 Å². The number of nitrogens with zero attached hydrogens (tertiary/aromatic N) is 2. The van der Waals surface area contributed by atoms with Gasteiger partial charge in [-0.1, -0.05) is 0 Å². The minimum atomic E-state index is -0.0623. The zero-order chi connectivity index (χ0) is 9.54. The molecule has 0 atom stereocenters. The maximum Gasteiger partial charge on any atom is 0.256 e. The molecule has 14 heavy (non-hydrogen) atoms. The van der Waals surface area contributed by atoms with Gasteiger partial charge in [-0.15, -0.1) is 0 Å². The average molecular weight is 191 g/mol. The molecule has 0 saturated carbocycles. The second-order valence-corrected chi connectivity index (χ2v) is 3.31. The van der Waals surface area contributed by atoms with E-state index in [2.05, 4.69) is 10.1 Å². The normalized spacial score (nSPS) is 15.7. The molecular weight excluding hydrogens is 182 g/mol. The molecule has 0 bridgehead atoms. The lowest BCUT2D eigenvalue weighted by molar-refractivity contribution is 0.107. The van der Waals surface area contributed by atoms with Crippen LogP contribution in [0.2, 0.25) is 0 Å². The lowest BCUT2D eigenvalue weighted by Crippen LogP contribution is -2.25. The van der Waals surface area contributed by atoms with Crippen molar-refractivity contribution in [2.24, 2.45) is 0 Å². The van der Waals surface area contributed by atoms with Crippen LogP contribution in [0.3, 0.4) is 0 Å². The minimum Gasteiger partial charge on any atom is -0.376 e. The van der Waals surface area contributed by atoms with E-state index >= 15 is 0 Å². The van der Waals surface area contributed by atoms with Crippen molar-refractivity contribution in [1.29, 1.82) is 0 Å². The van der Waals surface area contributed by atoms with Gasteiger partial charge < -0.3 is 9.72 Å². The van der Waals surface area contributed by atoms with E-state index in [1.54, 1.807) is 16.8 Å². The smallest absolute Gasteiger partial charge is 0.256 e. The van der Waals surface area contributed by atoms with Gasteiger partial charge in [-0.05, 0) is 0 Å². The summed E-state index contributed by atoms with van der Waals surface area (Å²) >= 11 is 0. The Morgan fingerprint density at radius 2 is 2.50 bits per heavy atom. The van der Waals surface area contributed by atoms with E-state index < -0.39 is 0 Å². The van der Waals surface area contributed by atoms with Gasteiger partial charge in [0.1, 0.15) is 5.65 Å². The van der Waals surface area contributed by atoms with Crippen molar-refractivity contribution in [3.8, 4) is 0 Å². The van der Waals surface area contributed by atoms with E-state index in [4.69, 9.17) is 4.74 Å². The molecule has 2 aromatic heterocycles. The molecule has 1 N–H and O–H groups in total. The van der Waals surface area contributed by atoms with Crippen LogP contribution in [0.4, 0.5) is 0 Å². The van der Waals surface area contributed by atoms with Crippen LogP contribution in [0.15, 0.2) is 17.1 Å². The van der Waals surface area contributed by atoms with Crippen molar-refractivity contribution >= 4 is 5.65 Å². The van der Waals surface area contributed by atoms with Gasteiger partial charge in [-0.2, -0.15) is 5.10 Å². The number of aromatic amines is 1. The number of aromatic nitrogens is 3. The van der Waals surface area contributed by atoms with Crippen LogP contribution < -0.4 is 5.56 Å². The Morgan fingerprint density at radius 3 is 3.43 bits per heavy atom. The Labute approximate surface area is 79.3 Å². The summed E-state index contributed by atoms with van der Waals surface area (Å²) in [5.74, 6) is 0. The van der Waals surface area contributed by atoms with Crippen molar-refractivity contribution in [2.75, 3.05) is 6.61 Å². The van der Waals surface area contributed by atoms with Crippen LogP contribution in [0, 0.1) is 0 Å². The quantitative estimate of drug-likeness (QED) is 0.642. The molecule has 5 nitrogen and oxygen atoms in total. The summed E-state index contributed by atoms with van der Waals surface area (Å²) in [5.41, 5.74) is 2.36. The molecule has 0 aliphatic carbocycles. The van der Waals surface area contributed by atoms with E-state index in [0.717, 1.165) is 17.8 Å². The Morgan fingerprint density at radius 1 is 1.57 bits per heavy atom. The Balaban J connectivity index is 2.45. The molecule has 0 radical (unpaired) electrons. The van der Waals surface area contributed by atoms with Gasteiger partial charge in [0.15, 0.2) is 0 Å². The number of H-pyrrole nitrogens is 1. The van der Waals surface area contributed by atoms with Crippen LogP contribution in [0.5, 0.6) is 0 Å². The molecule has 0 saturated heterocycles. The molecular formula is C9H9N3O2. The fourth-order valence-electron chi connectivity index (χ4n) is 1.81. The van der Waals surface area contributed by atoms with Crippen LogP contribution in [0.1, 0.15) is 11.3 Å². The monoisotopic (exact) mass is 191 g/mol. The van der Waals surface area contributed by atoms with Crippen molar-refractivity contribution in [3.63, 3.8) is 0 Å². The standard InChI is InChI=1S/C9H9N3O2/c13-9-6-5-14-4-2-7(6)12-8(11-9)1-3-10-12/h1,3H,2,4-5H2,(H,11,13). The topological polar surface area (TPSA) is 59.4 Å². The lowest BCUT2D eigenvalue weighted by Gasteiger charge is -2.15. The number of nitrogens with one attached hydrogen (secondary N) is 1. The highest BCUT2D eigenvalue weighted by molar-refractivity contribution is 5.39. The third-order valence-electron chi connectivity index (χ3n) is 2.49. The van der Waals surface area contributed by atoms with Crippen molar-refractivity contribution in [3.05, 3.63) is 33.9 Å². The largest absolute Gasteiger partial charge is 0.376 e. The molecule has 0 amide bonds. The van der Waals surface area contributed by atoms with Crippen molar-refractivity contribution < 1.29 is 4.74 Å². The molecule has 5 heteroatoms. The summed E-state index contributed by atoms with van der Waals surface area (Å²) in [4.78, 5) is 14.4. The third-order valence-corrected chi connectivity index (χ3v) is 2.49. The Bertz CT molecular complexity index is 540. The highest BCUT2D eigenvalue weighted by atomic mass is 16.5. The summed E-state index contributed by atoms with van der Waals surface area (Å²) < 4.78 is 7.02. The SMILES string of the molecule is O=c1[nH]c2ccnn2c2c1COCC2. The molecule has 1 aliphatic heterocycles. The maximum atomic E-state index is 11.6. The van der Waals surface area contributed by atoms with E-state index in [1.807, 2.05) is 0 Å². The summed E-state index contributed by atoms with van der Waals surface area (Å²) in [7, 11) is 0. The van der Waals surface area contributed by atoms with Gasteiger partial charge >= 0.3 is 0 Å². The molecule has 0 unspecified atom stereocenters. The molecule has 3 rings (SSSR count). The Hall–Kier alpha value is -1.62. The van der Waals surface area contributed by atoms with E-state index in [1.165, 1.54) is 0 Å². The predicted octanol–water partition coefficient (Wildman–Crippen LogP) is 0.0953. The zero-order valence-electron chi connectivity index (χ0n) is 7.49. The third kappa shape index (κ3) is 0.927. The molecule has 72 valence electrons. The highest BCUT2D eigenvalue weighted by Crippen LogP contribution is 2.12. The van der Waals surface area contributed by atoms with Gasteiger partial charge in [0.2, 0.25) is 0 Å². The fraction of sp³-hybridized carbons (Fsp3) is 0.333. The van der Waals surface area contributed by atoms with Gasteiger partial charge in [0, 0.05) is 12.5 Å². The van der Waals surface area contributed by atoms with Crippen LogP contribution in [-0.2, 0) is 17.8 Å². The first kappa shape index (κ1) is 7.75. The molecule has 0 spiro atoms. The summed E-state index contributed by atoms with van der Waals surface area (Å²) in [6, 6.07) is 1.79. The number of hydrogen-bond donors (Lipinski definition) is 1. The molecule has 3 heterocycles. The van der Waals surface area contributed by atoms with E-state index in [0.29, 0.717) is 18.8 Å². The second-order valence-electron chi connectivity index (χ2n) is 3.31. The number of fused-ring (bicyclic) bond motifs is 3. The predicted molar refractivity (Wildman–Crippen MR) is 49.2 cm³/mol.